The fraction of sp³-hybridized carbons (Fsp3) is 0.500. The Balaban J connectivity index is 2.74. The van der Waals surface area contributed by atoms with E-state index >= 15 is 0 Å². The molecule has 3 nitrogen and oxygen atoms in total. The Morgan fingerprint density at radius 2 is 2.23 bits per heavy atom. The Bertz CT molecular complexity index is 281. The van der Waals surface area contributed by atoms with Crippen molar-refractivity contribution < 1.29 is 0 Å². The van der Waals surface area contributed by atoms with E-state index in [-0.39, 0.29) is 5.54 Å². The zero-order chi connectivity index (χ0) is 9.90. The highest BCUT2D eigenvalue weighted by molar-refractivity contribution is 5.50. The molecular formula is C10H17N3. The fourth-order valence-electron chi connectivity index (χ4n) is 1.01. The summed E-state index contributed by atoms with van der Waals surface area (Å²) < 4.78 is 0. The molecule has 0 unspecified atom stereocenters. The Kier molecular flexibility index (Phi) is 2.76. The summed E-state index contributed by atoms with van der Waals surface area (Å²) >= 11 is 0. The molecule has 0 spiro atoms. The van der Waals surface area contributed by atoms with E-state index in [0.29, 0.717) is 5.82 Å². The van der Waals surface area contributed by atoms with Crippen molar-refractivity contribution in [3.8, 4) is 0 Å². The topological polar surface area (TPSA) is 50.9 Å². The first-order valence-electron chi connectivity index (χ1n) is 4.53. The van der Waals surface area contributed by atoms with E-state index in [9.17, 15) is 0 Å². The maximum atomic E-state index is 5.57. The van der Waals surface area contributed by atoms with Gasteiger partial charge in [-0.25, -0.2) is 4.98 Å². The number of hydrogen-bond donors (Lipinski definition) is 2. The van der Waals surface area contributed by atoms with Crippen LogP contribution in [0.15, 0.2) is 18.3 Å². The van der Waals surface area contributed by atoms with Gasteiger partial charge in [0.1, 0.15) is 5.82 Å². The summed E-state index contributed by atoms with van der Waals surface area (Å²) in [5, 5.41) is 3.39. The third kappa shape index (κ3) is 2.93. The zero-order valence-electron chi connectivity index (χ0n) is 8.46. The van der Waals surface area contributed by atoms with Crippen molar-refractivity contribution in [2.45, 2.75) is 32.7 Å². The predicted octanol–water partition coefficient (Wildman–Crippen LogP) is 2.26. The van der Waals surface area contributed by atoms with E-state index < -0.39 is 0 Å². The maximum Gasteiger partial charge on any atom is 0.125 e. The summed E-state index contributed by atoms with van der Waals surface area (Å²) in [6.45, 7) is 6.46. The van der Waals surface area contributed by atoms with Crippen molar-refractivity contribution >= 4 is 11.5 Å². The van der Waals surface area contributed by atoms with Crippen LogP contribution in [-0.2, 0) is 0 Å². The van der Waals surface area contributed by atoms with Crippen molar-refractivity contribution in [3.63, 3.8) is 0 Å². The van der Waals surface area contributed by atoms with Crippen LogP contribution in [0.3, 0.4) is 0 Å². The average molecular weight is 179 g/mol. The van der Waals surface area contributed by atoms with Gasteiger partial charge in [-0.3, -0.25) is 0 Å². The molecule has 0 atom stereocenters. The Morgan fingerprint density at radius 3 is 2.77 bits per heavy atom. The number of nitrogen functional groups attached to an aromatic ring is 1. The largest absolute Gasteiger partial charge is 0.384 e. The van der Waals surface area contributed by atoms with Gasteiger partial charge < -0.3 is 11.1 Å². The molecule has 0 amide bonds. The van der Waals surface area contributed by atoms with Crippen LogP contribution in [0, 0.1) is 0 Å². The molecule has 0 aromatic carbocycles. The third-order valence-corrected chi connectivity index (χ3v) is 2.15. The third-order valence-electron chi connectivity index (χ3n) is 2.15. The molecule has 72 valence electrons. The number of anilines is 2. The van der Waals surface area contributed by atoms with Gasteiger partial charge in [-0.15, -0.1) is 0 Å². The number of nitrogens with zero attached hydrogens (tertiary/aromatic N) is 1. The van der Waals surface area contributed by atoms with E-state index in [1.807, 2.05) is 12.1 Å². The summed E-state index contributed by atoms with van der Waals surface area (Å²) in [5.74, 6) is 0.553. The first kappa shape index (κ1) is 9.84. The monoisotopic (exact) mass is 179 g/mol. The van der Waals surface area contributed by atoms with Crippen LogP contribution in [0.1, 0.15) is 27.2 Å². The molecule has 0 saturated heterocycles. The molecule has 0 fully saturated rings. The molecule has 1 heterocycles. The average Bonchev–Trinajstić information content (AvgIpc) is 2.03. The van der Waals surface area contributed by atoms with Crippen molar-refractivity contribution in [1.82, 2.24) is 4.98 Å². The van der Waals surface area contributed by atoms with Gasteiger partial charge in [0.25, 0.3) is 0 Å². The summed E-state index contributed by atoms with van der Waals surface area (Å²) in [4.78, 5) is 3.93. The predicted molar refractivity (Wildman–Crippen MR) is 56.6 cm³/mol. The summed E-state index contributed by atoms with van der Waals surface area (Å²) in [5.41, 5.74) is 6.70. The first-order valence-corrected chi connectivity index (χ1v) is 4.53. The maximum absolute atomic E-state index is 5.57. The second-order valence-corrected chi connectivity index (χ2v) is 3.83. The highest BCUT2D eigenvalue weighted by Gasteiger charge is 2.13. The van der Waals surface area contributed by atoms with Gasteiger partial charge in [0.15, 0.2) is 0 Å². The molecule has 0 aliphatic rings. The van der Waals surface area contributed by atoms with Crippen LogP contribution in [0.4, 0.5) is 11.5 Å². The zero-order valence-corrected chi connectivity index (χ0v) is 8.46. The molecule has 0 radical (unpaired) electrons. The van der Waals surface area contributed by atoms with Gasteiger partial charge in [-0.1, -0.05) is 6.92 Å². The van der Waals surface area contributed by atoms with Crippen LogP contribution >= 0.6 is 0 Å². The Labute approximate surface area is 79.4 Å². The van der Waals surface area contributed by atoms with Gasteiger partial charge in [0.2, 0.25) is 0 Å². The number of nitrogens with one attached hydrogen (secondary N) is 1. The molecule has 1 aromatic heterocycles. The highest BCUT2D eigenvalue weighted by atomic mass is 15.0. The van der Waals surface area contributed by atoms with Crippen LogP contribution in [0.25, 0.3) is 0 Å². The van der Waals surface area contributed by atoms with Gasteiger partial charge >= 0.3 is 0 Å². The Hall–Kier alpha value is -1.25. The lowest BCUT2D eigenvalue weighted by molar-refractivity contribution is 0.547. The first-order chi connectivity index (χ1) is 6.03. The lowest BCUT2D eigenvalue weighted by Gasteiger charge is -2.25. The van der Waals surface area contributed by atoms with Crippen LogP contribution in [0.5, 0.6) is 0 Å². The van der Waals surface area contributed by atoms with Gasteiger partial charge in [-0.2, -0.15) is 0 Å². The number of nitrogens with two attached hydrogens (primary N) is 1. The van der Waals surface area contributed by atoms with Crippen molar-refractivity contribution in [2.75, 3.05) is 11.1 Å². The van der Waals surface area contributed by atoms with Gasteiger partial charge in [-0.05, 0) is 26.3 Å². The van der Waals surface area contributed by atoms with E-state index in [1.165, 1.54) is 0 Å². The van der Waals surface area contributed by atoms with Crippen LogP contribution in [0.2, 0.25) is 0 Å². The lowest BCUT2D eigenvalue weighted by Crippen LogP contribution is -2.29. The molecule has 0 saturated carbocycles. The molecule has 3 N–H and O–H groups in total. The number of rotatable bonds is 3. The second kappa shape index (κ2) is 3.64. The molecular weight excluding hydrogens is 162 g/mol. The SMILES string of the molecule is CCC(C)(C)Nc1ccnc(N)c1. The van der Waals surface area contributed by atoms with Gasteiger partial charge in [0, 0.05) is 23.5 Å². The molecule has 1 aromatic rings. The van der Waals surface area contributed by atoms with Crippen LogP contribution < -0.4 is 11.1 Å². The van der Waals surface area contributed by atoms with Crippen molar-refractivity contribution in [3.05, 3.63) is 18.3 Å². The summed E-state index contributed by atoms with van der Waals surface area (Å²) in [6.07, 6.45) is 2.78. The second-order valence-electron chi connectivity index (χ2n) is 3.83. The standard InChI is InChI=1S/C10H17N3/c1-4-10(2,3)13-8-5-6-12-9(11)7-8/h5-7H,4H2,1-3H3,(H3,11,12,13). The highest BCUT2D eigenvalue weighted by Crippen LogP contribution is 2.18. The molecule has 0 bridgehead atoms. The van der Waals surface area contributed by atoms with Crippen molar-refractivity contribution in [1.29, 1.82) is 0 Å². The normalized spacial score (nSPS) is 11.3. The van der Waals surface area contributed by atoms with Crippen LogP contribution in [-0.4, -0.2) is 10.5 Å². The number of hydrogen-bond acceptors (Lipinski definition) is 3. The molecule has 3 heteroatoms. The van der Waals surface area contributed by atoms with E-state index in [1.54, 1.807) is 6.20 Å². The molecule has 0 aliphatic carbocycles. The minimum Gasteiger partial charge on any atom is -0.384 e. The smallest absolute Gasteiger partial charge is 0.125 e. The van der Waals surface area contributed by atoms with E-state index in [4.69, 9.17) is 5.73 Å². The van der Waals surface area contributed by atoms with E-state index in [2.05, 4.69) is 31.1 Å². The quantitative estimate of drug-likeness (QED) is 0.748. The molecule has 1 rings (SSSR count). The summed E-state index contributed by atoms with van der Waals surface area (Å²) in [7, 11) is 0. The number of pyridine rings is 1. The molecule has 0 aliphatic heterocycles. The van der Waals surface area contributed by atoms with E-state index in [0.717, 1.165) is 12.1 Å². The molecule has 13 heavy (non-hydrogen) atoms. The number of aromatic nitrogens is 1. The minimum atomic E-state index is 0.105. The Morgan fingerprint density at radius 1 is 1.54 bits per heavy atom. The van der Waals surface area contributed by atoms with Crippen molar-refractivity contribution in [2.24, 2.45) is 0 Å². The fourth-order valence-corrected chi connectivity index (χ4v) is 1.01. The minimum absolute atomic E-state index is 0.105. The van der Waals surface area contributed by atoms with Gasteiger partial charge in [0.05, 0.1) is 0 Å². The summed E-state index contributed by atoms with van der Waals surface area (Å²) in [6, 6.07) is 3.77. The lowest BCUT2D eigenvalue weighted by atomic mass is 10.0.